The Labute approximate surface area is 109 Å². The van der Waals surface area contributed by atoms with Crippen LogP contribution in [0.3, 0.4) is 0 Å². The van der Waals surface area contributed by atoms with Crippen LogP contribution in [0.5, 0.6) is 5.75 Å². The van der Waals surface area contributed by atoms with Gasteiger partial charge in [-0.05, 0) is 49.7 Å². The smallest absolute Gasteiger partial charge is 0.122 e. The largest absolute Gasteiger partial charge is 0.493 e. The van der Waals surface area contributed by atoms with Gasteiger partial charge in [-0.25, -0.2) is 0 Å². The molecule has 0 amide bonds. The number of nitrogens with one attached hydrogen (secondary N) is 1. The van der Waals surface area contributed by atoms with Gasteiger partial charge in [-0.15, -0.1) is 0 Å². The van der Waals surface area contributed by atoms with E-state index in [4.69, 9.17) is 4.74 Å². The summed E-state index contributed by atoms with van der Waals surface area (Å²) < 4.78 is 5.53. The van der Waals surface area contributed by atoms with Crippen molar-refractivity contribution in [3.05, 3.63) is 29.3 Å². The summed E-state index contributed by atoms with van der Waals surface area (Å²) >= 11 is 0. The van der Waals surface area contributed by atoms with E-state index in [1.165, 1.54) is 30.6 Å². The van der Waals surface area contributed by atoms with Gasteiger partial charge in [-0.2, -0.15) is 0 Å². The van der Waals surface area contributed by atoms with Crippen LogP contribution in [0.25, 0.3) is 0 Å². The Bertz CT molecular complexity index is 419. The molecule has 3 heteroatoms. The minimum Gasteiger partial charge on any atom is -0.493 e. The Hall–Kier alpha value is -1.06. The first-order valence-corrected chi connectivity index (χ1v) is 6.95. The van der Waals surface area contributed by atoms with Crippen LogP contribution in [0.1, 0.15) is 17.5 Å². The van der Waals surface area contributed by atoms with Crippen molar-refractivity contribution in [2.45, 2.75) is 19.4 Å². The Balaban J connectivity index is 1.48. The molecular formula is C15H22N2O. The molecule has 0 aromatic heterocycles. The molecule has 3 nitrogen and oxygen atoms in total. The van der Waals surface area contributed by atoms with Gasteiger partial charge >= 0.3 is 0 Å². The average molecular weight is 246 g/mol. The second kappa shape index (κ2) is 5.29. The minimum absolute atomic E-state index is 0.827. The lowest BCUT2D eigenvalue weighted by Gasteiger charge is -2.12. The van der Waals surface area contributed by atoms with E-state index in [1.807, 2.05) is 0 Å². The zero-order chi connectivity index (χ0) is 12.4. The lowest BCUT2D eigenvalue weighted by atomic mass is 10.1. The molecule has 1 saturated heterocycles. The maximum absolute atomic E-state index is 5.53. The monoisotopic (exact) mass is 246 g/mol. The molecule has 1 aromatic rings. The number of hydrogen-bond donors (Lipinski definition) is 1. The molecule has 1 N–H and O–H groups in total. The molecule has 0 aliphatic carbocycles. The topological polar surface area (TPSA) is 24.5 Å². The molecule has 1 aromatic carbocycles. The molecule has 0 saturated carbocycles. The number of ether oxygens (including phenoxy) is 1. The van der Waals surface area contributed by atoms with Crippen LogP contribution in [0.4, 0.5) is 0 Å². The van der Waals surface area contributed by atoms with E-state index in [2.05, 4.69) is 35.5 Å². The van der Waals surface area contributed by atoms with Gasteiger partial charge in [-0.1, -0.05) is 12.1 Å². The summed E-state index contributed by atoms with van der Waals surface area (Å²) in [6, 6.07) is 6.58. The maximum Gasteiger partial charge on any atom is 0.122 e. The number of fused-ring (bicyclic) bond motifs is 1. The molecule has 0 bridgehead atoms. The predicted octanol–water partition coefficient (Wildman–Crippen LogP) is 1.66. The summed E-state index contributed by atoms with van der Waals surface area (Å²) in [7, 11) is 2.21. The third-order valence-corrected chi connectivity index (χ3v) is 4.00. The van der Waals surface area contributed by atoms with Crippen molar-refractivity contribution in [2.75, 3.05) is 33.3 Å². The zero-order valence-corrected chi connectivity index (χ0v) is 11.1. The van der Waals surface area contributed by atoms with Crippen molar-refractivity contribution in [3.8, 4) is 5.75 Å². The normalized spacial score (nSPS) is 23.1. The van der Waals surface area contributed by atoms with Gasteiger partial charge in [0.2, 0.25) is 0 Å². The van der Waals surface area contributed by atoms with Gasteiger partial charge in [0.25, 0.3) is 0 Å². The molecule has 0 spiro atoms. The number of likely N-dealkylation sites (tertiary alicyclic amines) is 1. The molecule has 98 valence electrons. The first kappa shape index (κ1) is 12.0. The van der Waals surface area contributed by atoms with Gasteiger partial charge in [0.1, 0.15) is 5.75 Å². The maximum atomic E-state index is 5.53. The third kappa shape index (κ3) is 2.68. The van der Waals surface area contributed by atoms with Crippen molar-refractivity contribution in [3.63, 3.8) is 0 Å². The molecule has 2 aliphatic heterocycles. The fourth-order valence-corrected chi connectivity index (χ4v) is 2.96. The van der Waals surface area contributed by atoms with E-state index in [-0.39, 0.29) is 0 Å². The SMILES string of the molecule is CN1CCC(CNCc2ccc3c(c2)CCO3)C1. The Morgan fingerprint density at radius 1 is 1.44 bits per heavy atom. The highest BCUT2D eigenvalue weighted by molar-refractivity contribution is 5.39. The number of rotatable bonds is 4. The van der Waals surface area contributed by atoms with E-state index >= 15 is 0 Å². The molecule has 1 fully saturated rings. The van der Waals surface area contributed by atoms with E-state index in [0.717, 1.165) is 37.8 Å². The van der Waals surface area contributed by atoms with E-state index in [1.54, 1.807) is 0 Å². The second-order valence-corrected chi connectivity index (χ2v) is 5.59. The molecule has 2 heterocycles. The fourth-order valence-electron chi connectivity index (χ4n) is 2.96. The minimum atomic E-state index is 0.827. The third-order valence-electron chi connectivity index (χ3n) is 4.00. The van der Waals surface area contributed by atoms with E-state index < -0.39 is 0 Å². The highest BCUT2D eigenvalue weighted by Crippen LogP contribution is 2.25. The quantitative estimate of drug-likeness (QED) is 0.874. The van der Waals surface area contributed by atoms with Gasteiger partial charge in [0.05, 0.1) is 6.61 Å². The number of hydrogen-bond acceptors (Lipinski definition) is 3. The molecule has 3 rings (SSSR count). The predicted molar refractivity (Wildman–Crippen MR) is 73.0 cm³/mol. The molecule has 2 aliphatic rings. The Morgan fingerprint density at radius 2 is 2.39 bits per heavy atom. The van der Waals surface area contributed by atoms with Gasteiger partial charge in [0, 0.05) is 19.5 Å². The molecular weight excluding hydrogens is 224 g/mol. The summed E-state index contributed by atoms with van der Waals surface area (Å²) in [5.41, 5.74) is 2.75. The van der Waals surface area contributed by atoms with Crippen molar-refractivity contribution >= 4 is 0 Å². The van der Waals surface area contributed by atoms with Crippen LogP contribution < -0.4 is 10.1 Å². The standard InChI is InChI=1S/C15H22N2O/c1-17-6-4-13(11-17)10-16-9-12-2-3-15-14(8-12)5-7-18-15/h2-3,8,13,16H,4-7,9-11H2,1H3. The number of benzene rings is 1. The molecule has 1 atom stereocenters. The van der Waals surface area contributed by atoms with E-state index in [0.29, 0.717) is 0 Å². The lowest BCUT2D eigenvalue weighted by molar-refractivity contribution is 0.357. The van der Waals surface area contributed by atoms with Crippen LogP contribution >= 0.6 is 0 Å². The van der Waals surface area contributed by atoms with Gasteiger partial charge < -0.3 is 15.0 Å². The zero-order valence-electron chi connectivity index (χ0n) is 11.1. The van der Waals surface area contributed by atoms with Crippen LogP contribution in [0, 0.1) is 5.92 Å². The summed E-state index contributed by atoms with van der Waals surface area (Å²) in [5.74, 6) is 1.91. The fraction of sp³-hybridized carbons (Fsp3) is 0.600. The summed E-state index contributed by atoms with van der Waals surface area (Å²) in [5, 5.41) is 3.59. The molecule has 0 radical (unpaired) electrons. The van der Waals surface area contributed by atoms with Crippen LogP contribution in [-0.2, 0) is 13.0 Å². The highest BCUT2D eigenvalue weighted by atomic mass is 16.5. The van der Waals surface area contributed by atoms with Crippen molar-refractivity contribution in [1.82, 2.24) is 10.2 Å². The van der Waals surface area contributed by atoms with Crippen LogP contribution in [0.15, 0.2) is 18.2 Å². The van der Waals surface area contributed by atoms with Crippen LogP contribution in [-0.4, -0.2) is 38.2 Å². The van der Waals surface area contributed by atoms with Gasteiger partial charge in [0.15, 0.2) is 0 Å². The second-order valence-electron chi connectivity index (χ2n) is 5.59. The summed E-state index contributed by atoms with van der Waals surface area (Å²) in [6.07, 6.45) is 2.40. The Kier molecular flexibility index (Phi) is 3.52. The first-order chi connectivity index (χ1) is 8.81. The highest BCUT2D eigenvalue weighted by Gasteiger charge is 2.18. The summed E-state index contributed by atoms with van der Waals surface area (Å²) in [4.78, 5) is 2.42. The van der Waals surface area contributed by atoms with Gasteiger partial charge in [-0.3, -0.25) is 0 Å². The van der Waals surface area contributed by atoms with Crippen molar-refractivity contribution < 1.29 is 4.74 Å². The Morgan fingerprint density at radius 3 is 3.22 bits per heavy atom. The van der Waals surface area contributed by atoms with E-state index in [9.17, 15) is 0 Å². The van der Waals surface area contributed by atoms with Crippen LogP contribution in [0.2, 0.25) is 0 Å². The molecule has 18 heavy (non-hydrogen) atoms. The lowest BCUT2D eigenvalue weighted by Crippen LogP contribution is -2.24. The van der Waals surface area contributed by atoms with Crippen molar-refractivity contribution in [1.29, 1.82) is 0 Å². The van der Waals surface area contributed by atoms with Crippen molar-refractivity contribution in [2.24, 2.45) is 5.92 Å². The first-order valence-electron chi connectivity index (χ1n) is 6.95. The number of nitrogens with zero attached hydrogens (tertiary/aromatic N) is 1. The summed E-state index contributed by atoms with van der Waals surface area (Å²) in [6.45, 7) is 5.46. The average Bonchev–Trinajstić information content (AvgIpc) is 2.97. The molecule has 1 unspecified atom stereocenters.